The van der Waals surface area contributed by atoms with Crippen molar-refractivity contribution in [2.75, 3.05) is 18.6 Å². The summed E-state index contributed by atoms with van der Waals surface area (Å²) in [5.41, 5.74) is 0.398. The SMILES string of the molecule is CCc1oc(C(=O)Nc2cccc(OCCF)c2)cc1C(=O)O. The van der Waals surface area contributed by atoms with E-state index in [0.717, 1.165) is 0 Å². The Morgan fingerprint density at radius 2 is 2.13 bits per heavy atom. The topological polar surface area (TPSA) is 88.8 Å². The molecule has 2 aromatic rings. The minimum Gasteiger partial charge on any atom is -0.491 e. The molecule has 1 amide bonds. The maximum atomic E-state index is 12.1. The second kappa shape index (κ2) is 7.44. The Morgan fingerprint density at radius 3 is 2.74 bits per heavy atom. The zero-order valence-electron chi connectivity index (χ0n) is 12.5. The lowest BCUT2D eigenvalue weighted by molar-refractivity contribution is 0.0694. The molecule has 0 saturated heterocycles. The maximum absolute atomic E-state index is 12.1. The number of hydrogen-bond acceptors (Lipinski definition) is 4. The summed E-state index contributed by atoms with van der Waals surface area (Å²) in [5.74, 6) is -1.15. The summed E-state index contributed by atoms with van der Waals surface area (Å²) in [6.45, 7) is 1.05. The van der Waals surface area contributed by atoms with Crippen molar-refractivity contribution in [1.29, 1.82) is 0 Å². The van der Waals surface area contributed by atoms with E-state index in [4.69, 9.17) is 14.3 Å². The van der Waals surface area contributed by atoms with Gasteiger partial charge in [-0.05, 0) is 12.1 Å². The first-order valence-electron chi connectivity index (χ1n) is 7.01. The van der Waals surface area contributed by atoms with E-state index in [2.05, 4.69) is 5.32 Å². The van der Waals surface area contributed by atoms with Gasteiger partial charge >= 0.3 is 5.97 Å². The second-order valence-electron chi connectivity index (χ2n) is 4.63. The zero-order valence-corrected chi connectivity index (χ0v) is 12.5. The fraction of sp³-hybridized carbons (Fsp3) is 0.250. The average molecular weight is 321 g/mol. The fourth-order valence-electron chi connectivity index (χ4n) is 2.00. The van der Waals surface area contributed by atoms with Crippen LogP contribution >= 0.6 is 0 Å². The van der Waals surface area contributed by atoms with Crippen LogP contribution in [0.15, 0.2) is 34.7 Å². The summed E-state index contributed by atoms with van der Waals surface area (Å²) < 4.78 is 22.5. The smallest absolute Gasteiger partial charge is 0.339 e. The van der Waals surface area contributed by atoms with Crippen molar-refractivity contribution in [3.63, 3.8) is 0 Å². The monoisotopic (exact) mass is 321 g/mol. The number of rotatable bonds is 7. The first kappa shape index (κ1) is 16.5. The summed E-state index contributed by atoms with van der Waals surface area (Å²) in [7, 11) is 0. The molecule has 0 unspecified atom stereocenters. The Bertz CT molecular complexity index is 710. The Morgan fingerprint density at radius 1 is 1.35 bits per heavy atom. The van der Waals surface area contributed by atoms with Crippen LogP contribution in [-0.4, -0.2) is 30.3 Å². The minimum absolute atomic E-state index is 0.0299. The molecule has 0 spiro atoms. The quantitative estimate of drug-likeness (QED) is 0.818. The van der Waals surface area contributed by atoms with Crippen molar-refractivity contribution in [3.05, 3.63) is 47.4 Å². The number of amides is 1. The summed E-state index contributed by atoms with van der Waals surface area (Å²) in [5, 5.41) is 11.6. The third-order valence-electron chi connectivity index (χ3n) is 3.02. The number of furan rings is 1. The average Bonchev–Trinajstić information content (AvgIpc) is 2.98. The van der Waals surface area contributed by atoms with Gasteiger partial charge in [-0.25, -0.2) is 9.18 Å². The Kier molecular flexibility index (Phi) is 5.35. The van der Waals surface area contributed by atoms with E-state index in [9.17, 15) is 14.0 Å². The molecule has 0 radical (unpaired) electrons. The summed E-state index contributed by atoms with van der Waals surface area (Å²) in [4.78, 5) is 23.2. The number of anilines is 1. The Hall–Kier alpha value is -2.83. The number of hydrogen-bond donors (Lipinski definition) is 2. The highest BCUT2D eigenvalue weighted by atomic mass is 19.1. The lowest BCUT2D eigenvalue weighted by Gasteiger charge is -2.07. The molecule has 1 aromatic carbocycles. The van der Waals surface area contributed by atoms with Crippen LogP contribution < -0.4 is 10.1 Å². The van der Waals surface area contributed by atoms with E-state index >= 15 is 0 Å². The van der Waals surface area contributed by atoms with E-state index in [-0.39, 0.29) is 23.7 Å². The normalized spacial score (nSPS) is 10.3. The molecule has 1 heterocycles. The van der Waals surface area contributed by atoms with E-state index in [1.165, 1.54) is 12.1 Å². The van der Waals surface area contributed by atoms with E-state index in [1.807, 2.05) is 0 Å². The third-order valence-corrected chi connectivity index (χ3v) is 3.02. The van der Waals surface area contributed by atoms with Gasteiger partial charge < -0.3 is 19.6 Å². The number of carbonyl (C=O) groups is 2. The van der Waals surface area contributed by atoms with Crippen molar-refractivity contribution in [2.24, 2.45) is 0 Å². The molecular formula is C16H16FNO5. The van der Waals surface area contributed by atoms with Crippen LogP contribution in [0.2, 0.25) is 0 Å². The molecule has 122 valence electrons. The van der Waals surface area contributed by atoms with Gasteiger partial charge in [0, 0.05) is 24.2 Å². The van der Waals surface area contributed by atoms with Gasteiger partial charge in [0.15, 0.2) is 5.76 Å². The fourth-order valence-corrected chi connectivity index (χ4v) is 2.00. The zero-order chi connectivity index (χ0) is 16.8. The highest BCUT2D eigenvalue weighted by Crippen LogP contribution is 2.20. The van der Waals surface area contributed by atoms with Gasteiger partial charge in [-0.2, -0.15) is 0 Å². The standard InChI is InChI=1S/C16H16FNO5/c1-2-13-12(16(20)21)9-14(23-13)15(19)18-10-4-3-5-11(8-10)22-7-6-17/h3-5,8-9H,2,6-7H2,1H3,(H,18,19)(H,20,21). The number of aryl methyl sites for hydroxylation is 1. The molecule has 2 rings (SSSR count). The molecule has 0 atom stereocenters. The van der Waals surface area contributed by atoms with Gasteiger partial charge in [0.1, 0.15) is 30.4 Å². The van der Waals surface area contributed by atoms with Gasteiger partial charge in [-0.1, -0.05) is 13.0 Å². The first-order valence-corrected chi connectivity index (χ1v) is 7.01. The molecule has 0 fully saturated rings. The van der Waals surface area contributed by atoms with E-state index in [0.29, 0.717) is 17.9 Å². The highest BCUT2D eigenvalue weighted by molar-refractivity contribution is 6.04. The van der Waals surface area contributed by atoms with Gasteiger partial charge in [-0.15, -0.1) is 0 Å². The Labute approximate surface area is 131 Å². The van der Waals surface area contributed by atoms with Crippen molar-refractivity contribution < 1.29 is 28.2 Å². The number of nitrogens with one attached hydrogen (secondary N) is 1. The lowest BCUT2D eigenvalue weighted by Crippen LogP contribution is -2.11. The van der Waals surface area contributed by atoms with Crippen LogP contribution in [0.5, 0.6) is 5.75 Å². The van der Waals surface area contributed by atoms with Crippen LogP contribution in [0.3, 0.4) is 0 Å². The van der Waals surface area contributed by atoms with Gasteiger partial charge in [0.05, 0.1) is 0 Å². The van der Waals surface area contributed by atoms with Gasteiger partial charge in [0.25, 0.3) is 5.91 Å². The molecular weight excluding hydrogens is 305 g/mol. The second-order valence-corrected chi connectivity index (χ2v) is 4.63. The van der Waals surface area contributed by atoms with E-state index in [1.54, 1.807) is 25.1 Å². The molecule has 6 nitrogen and oxygen atoms in total. The largest absolute Gasteiger partial charge is 0.491 e. The highest BCUT2D eigenvalue weighted by Gasteiger charge is 2.20. The van der Waals surface area contributed by atoms with Crippen LogP contribution in [0, 0.1) is 0 Å². The molecule has 7 heteroatoms. The van der Waals surface area contributed by atoms with Gasteiger partial charge in [0.2, 0.25) is 0 Å². The lowest BCUT2D eigenvalue weighted by atomic mass is 10.2. The predicted molar refractivity (Wildman–Crippen MR) is 80.9 cm³/mol. The number of halogens is 1. The number of carboxylic acid groups (broad SMARTS) is 1. The van der Waals surface area contributed by atoms with Crippen LogP contribution in [0.4, 0.5) is 10.1 Å². The summed E-state index contributed by atoms with van der Waals surface area (Å²) >= 11 is 0. The number of alkyl halides is 1. The van der Waals surface area contributed by atoms with Crippen molar-refractivity contribution in [1.82, 2.24) is 0 Å². The van der Waals surface area contributed by atoms with Crippen molar-refractivity contribution >= 4 is 17.6 Å². The third kappa shape index (κ3) is 4.09. The Balaban J connectivity index is 2.14. The molecule has 0 aliphatic heterocycles. The van der Waals surface area contributed by atoms with Crippen LogP contribution in [-0.2, 0) is 6.42 Å². The molecule has 0 saturated carbocycles. The molecule has 23 heavy (non-hydrogen) atoms. The van der Waals surface area contributed by atoms with Crippen molar-refractivity contribution in [3.8, 4) is 5.75 Å². The molecule has 0 bridgehead atoms. The predicted octanol–water partition coefficient (Wildman–Crippen LogP) is 3.14. The number of carboxylic acids is 1. The van der Waals surface area contributed by atoms with Crippen LogP contribution in [0.1, 0.15) is 33.6 Å². The van der Waals surface area contributed by atoms with E-state index < -0.39 is 18.6 Å². The molecule has 1 aromatic heterocycles. The summed E-state index contributed by atoms with van der Waals surface area (Å²) in [6.07, 6.45) is 0.363. The van der Waals surface area contributed by atoms with Crippen LogP contribution in [0.25, 0.3) is 0 Å². The molecule has 0 aliphatic carbocycles. The summed E-state index contributed by atoms with van der Waals surface area (Å²) in [6, 6.07) is 7.64. The number of ether oxygens (including phenoxy) is 1. The molecule has 2 N–H and O–H groups in total. The number of aromatic carboxylic acids is 1. The number of carbonyl (C=O) groups excluding carboxylic acids is 1. The van der Waals surface area contributed by atoms with Crippen molar-refractivity contribution in [2.45, 2.75) is 13.3 Å². The molecule has 0 aliphatic rings. The maximum Gasteiger partial charge on any atom is 0.339 e. The van der Waals surface area contributed by atoms with Gasteiger partial charge in [-0.3, -0.25) is 4.79 Å². The number of benzene rings is 1. The first-order chi connectivity index (χ1) is 11.0. The minimum atomic E-state index is -1.15.